The summed E-state index contributed by atoms with van der Waals surface area (Å²) in [4.78, 5) is 16.7. The van der Waals surface area contributed by atoms with E-state index in [4.69, 9.17) is 16.4 Å². The fourth-order valence-corrected chi connectivity index (χ4v) is 1.72. The number of nitrogens with one attached hydrogen (secondary N) is 1. The lowest BCUT2D eigenvalue weighted by atomic mass is 10.1. The van der Waals surface area contributed by atoms with Gasteiger partial charge in [-0.25, -0.2) is 0 Å². The van der Waals surface area contributed by atoms with Crippen molar-refractivity contribution in [3.8, 4) is 5.75 Å². The van der Waals surface area contributed by atoms with Crippen LogP contribution in [0.4, 0.5) is 13.2 Å². The number of carbonyl (C=O) groups excluding carboxylic acids is 1. The highest BCUT2D eigenvalue weighted by Gasteiger charge is 2.34. The van der Waals surface area contributed by atoms with E-state index < -0.39 is 23.2 Å². The van der Waals surface area contributed by atoms with Gasteiger partial charge in [-0.1, -0.05) is 23.7 Å². The van der Waals surface area contributed by atoms with E-state index in [2.05, 4.69) is 0 Å². The van der Waals surface area contributed by atoms with E-state index in [9.17, 15) is 18.0 Å². The van der Waals surface area contributed by atoms with Crippen molar-refractivity contribution < 1.29 is 22.8 Å². The van der Waals surface area contributed by atoms with E-state index in [1.807, 2.05) is 5.48 Å². The smallest absolute Gasteiger partial charge is 0.379 e. The minimum atomic E-state index is -4.62. The van der Waals surface area contributed by atoms with E-state index in [1.54, 1.807) is 0 Å². The van der Waals surface area contributed by atoms with Gasteiger partial charge in [0.1, 0.15) is 0 Å². The van der Waals surface area contributed by atoms with Crippen molar-refractivity contribution >= 4 is 17.5 Å². The van der Waals surface area contributed by atoms with E-state index in [1.165, 1.54) is 36.4 Å². The Balaban J connectivity index is 2.12. The second-order valence-corrected chi connectivity index (χ2v) is 4.47. The molecule has 0 atom stereocenters. The number of amides is 1. The first-order valence-corrected chi connectivity index (χ1v) is 6.14. The summed E-state index contributed by atoms with van der Waals surface area (Å²) in [5, 5.41) is 0.469. The van der Waals surface area contributed by atoms with Crippen LogP contribution >= 0.6 is 11.6 Å². The molecular formula is C14H9ClF3NO2. The summed E-state index contributed by atoms with van der Waals surface area (Å²) in [6.07, 6.45) is -4.62. The predicted octanol–water partition coefficient (Wildman–Crippen LogP) is 4.08. The third-order valence-electron chi connectivity index (χ3n) is 2.55. The lowest BCUT2D eigenvalue weighted by Gasteiger charge is -2.12. The molecular weight excluding hydrogens is 307 g/mol. The molecule has 21 heavy (non-hydrogen) atoms. The Hall–Kier alpha value is -2.21. The molecule has 0 spiro atoms. The largest absolute Gasteiger partial charge is 0.417 e. The summed E-state index contributed by atoms with van der Waals surface area (Å²) in [5.41, 5.74) is 0.425. The number of hydroxylamine groups is 1. The van der Waals surface area contributed by atoms with Crippen molar-refractivity contribution in [2.75, 3.05) is 0 Å². The molecule has 110 valence electrons. The van der Waals surface area contributed by atoms with E-state index in [0.29, 0.717) is 5.02 Å². The summed E-state index contributed by atoms with van der Waals surface area (Å²) in [5.74, 6) is -0.741. The van der Waals surface area contributed by atoms with E-state index in [0.717, 1.165) is 12.1 Å². The summed E-state index contributed by atoms with van der Waals surface area (Å²) in [7, 11) is 0. The maximum atomic E-state index is 12.8. The minimum Gasteiger partial charge on any atom is -0.379 e. The third-order valence-corrected chi connectivity index (χ3v) is 2.80. The maximum Gasteiger partial charge on any atom is 0.417 e. The highest BCUT2D eigenvalue weighted by Crippen LogP contribution is 2.31. The van der Waals surface area contributed by atoms with Crippen LogP contribution in [0.1, 0.15) is 15.9 Å². The Morgan fingerprint density at radius 3 is 2.29 bits per heavy atom. The Labute approximate surface area is 123 Å². The number of halogens is 4. The second kappa shape index (κ2) is 6.05. The minimum absolute atomic E-state index is 0.247. The Kier molecular flexibility index (Phi) is 4.37. The van der Waals surface area contributed by atoms with Crippen LogP contribution in [0.2, 0.25) is 5.02 Å². The van der Waals surface area contributed by atoms with Crippen LogP contribution in [0.5, 0.6) is 5.75 Å². The molecule has 0 bridgehead atoms. The third kappa shape index (κ3) is 3.88. The highest BCUT2D eigenvalue weighted by molar-refractivity contribution is 6.30. The lowest BCUT2D eigenvalue weighted by molar-refractivity contribution is -0.138. The molecule has 0 aliphatic rings. The molecule has 1 N–H and O–H groups in total. The molecule has 0 unspecified atom stereocenters. The van der Waals surface area contributed by atoms with Gasteiger partial charge in [0.2, 0.25) is 0 Å². The first-order chi connectivity index (χ1) is 9.88. The van der Waals surface area contributed by atoms with Gasteiger partial charge in [0, 0.05) is 5.02 Å². The van der Waals surface area contributed by atoms with E-state index in [-0.39, 0.29) is 5.75 Å². The molecule has 0 aromatic heterocycles. The molecule has 3 nitrogen and oxygen atoms in total. The molecule has 2 rings (SSSR count). The Morgan fingerprint density at radius 1 is 1.05 bits per heavy atom. The van der Waals surface area contributed by atoms with Crippen molar-refractivity contribution in [1.29, 1.82) is 0 Å². The van der Waals surface area contributed by atoms with Crippen LogP contribution in [-0.4, -0.2) is 5.91 Å². The summed E-state index contributed by atoms with van der Waals surface area (Å²) >= 11 is 5.67. The van der Waals surface area contributed by atoms with Crippen molar-refractivity contribution in [1.82, 2.24) is 5.48 Å². The molecule has 7 heteroatoms. The maximum absolute atomic E-state index is 12.8. The highest BCUT2D eigenvalue weighted by atomic mass is 35.5. The van der Waals surface area contributed by atoms with Crippen molar-refractivity contribution in [2.24, 2.45) is 0 Å². The number of benzene rings is 2. The molecule has 0 fully saturated rings. The van der Waals surface area contributed by atoms with Gasteiger partial charge in [-0.05, 0) is 36.4 Å². The van der Waals surface area contributed by atoms with Crippen LogP contribution < -0.4 is 10.3 Å². The van der Waals surface area contributed by atoms with Crippen LogP contribution in [0, 0.1) is 0 Å². The van der Waals surface area contributed by atoms with Gasteiger partial charge in [-0.2, -0.15) is 18.7 Å². The van der Waals surface area contributed by atoms with Crippen LogP contribution in [0.15, 0.2) is 48.5 Å². The Bertz CT molecular complexity index is 641. The molecule has 0 aliphatic heterocycles. The number of hydrogen-bond acceptors (Lipinski definition) is 2. The first-order valence-electron chi connectivity index (χ1n) is 5.77. The second-order valence-electron chi connectivity index (χ2n) is 4.03. The van der Waals surface area contributed by atoms with Crippen molar-refractivity contribution in [2.45, 2.75) is 6.18 Å². The number of hydrogen-bond donors (Lipinski definition) is 1. The van der Waals surface area contributed by atoms with Gasteiger partial charge in [0.25, 0.3) is 5.91 Å². The average molecular weight is 316 g/mol. The number of alkyl halides is 3. The molecule has 0 saturated carbocycles. The quantitative estimate of drug-likeness (QED) is 0.867. The van der Waals surface area contributed by atoms with Gasteiger partial charge in [0.05, 0.1) is 11.1 Å². The van der Waals surface area contributed by atoms with Gasteiger partial charge in [0.15, 0.2) is 5.75 Å². The lowest BCUT2D eigenvalue weighted by Crippen LogP contribution is -2.29. The molecule has 0 saturated heterocycles. The summed E-state index contributed by atoms with van der Waals surface area (Å²) in [6, 6.07) is 10.4. The van der Waals surface area contributed by atoms with E-state index >= 15 is 0 Å². The van der Waals surface area contributed by atoms with Crippen molar-refractivity contribution in [3.05, 3.63) is 64.7 Å². The molecule has 0 radical (unpaired) electrons. The van der Waals surface area contributed by atoms with Crippen molar-refractivity contribution in [3.63, 3.8) is 0 Å². The molecule has 2 aromatic carbocycles. The Morgan fingerprint density at radius 2 is 1.67 bits per heavy atom. The van der Waals surface area contributed by atoms with Crippen LogP contribution in [0.3, 0.4) is 0 Å². The molecule has 0 heterocycles. The fourth-order valence-electron chi connectivity index (χ4n) is 1.59. The van der Waals surface area contributed by atoms with Crippen LogP contribution in [-0.2, 0) is 6.18 Å². The zero-order valence-electron chi connectivity index (χ0n) is 10.4. The molecule has 0 aliphatic carbocycles. The molecule has 1 amide bonds. The van der Waals surface area contributed by atoms with Gasteiger partial charge in [-0.3, -0.25) is 4.79 Å². The zero-order valence-corrected chi connectivity index (χ0v) is 11.2. The standard InChI is InChI=1S/C14H9ClF3NO2/c15-9-5-7-10(8-6-9)21-19-13(20)11-3-1-2-4-12(11)14(16,17)18/h1-8H,(H,19,20). The summed E-state index contributed by atoms with van der Waals surface area (Å²) in [6.45, 7) is 0. The predicted molar refractivity (Wildman–Crippen MR) is 71.0 cm³/mol. The molecule has 2 aromatic rings. The SMILES string of the molecule is O=C(NOc1ccc(Cl)cc1)c1ccccc1C(F)(F)F. The number of rotatable bonds is 3. The fraction of sp³-hybridized carbons (Fsp3) is 0.0714. The topological polar surface area (TPSA) is 38.3 Å². The summed E-state index contributed by atoms with van der Waals surface area (Å²) < 4.78 is 38.3. The van der Waals surface area contributed by atoms with Gasteiger partial charge >= 0.3 is 6.18 Å². The zero-order chi connectivity index (χ0) is 15.5. The monoisotopic (exact) mass is 315 g/mol. The normalized spacial score (nSPS) is 11.0. The van der Waals surface area contributed by atoms with Gasteiger partial charge in [-0.15, -0.1) is 0 Å². The average Bonchev–Trinajstić information content (AvgIpc) is 2.45. The first kappa shape index (κ1) is 15.2. The number of carbonyl (C=O) groups is 1. The van der Waals surface area contributed by atoms with Crippen LogP contribution in [0.25, 0.3) is 0 Å². The van der Waals surface area contributed by atoms with Gasteiger partial charge < -0.3 is 4.84 Å².